The topological polar surface area (TPSA) is 73.9 Å². The molecule has 1 aromatic rings. The third-order valence-electron chi connectivity index (χ3n) is 5.57. The van der Waals surface area contributed by atoms with E-state index in [1.165, 1.54) is 0 Å². The highest BCUT2D eigenvalue weighted by Gasteiger charge is 2.43. The third kappa shape index (κ3) is 4.43. The molecular weight excluding hydrogens is 382 g/mol. The number of carbonyl (C=O) groups excluding carboxylic acids is 2. The Morgan fingerprint density at radius 3 is 2.63 bits per heavy atom. The number of para-hydroxylation sites is 1. The zero-order valence-electron chi connectivity index (χ0n) is 18.5. The van der Waals surface area contributed by atoms with Crippen molar-refractivity contribution in [2.24, 2.45) is 5.41 Å². The molecule has 0 fully saturated rings. The number of hydrogen-bond acceptors (Lipinski definition) is 6. The first-order chi connectivity index (χ1) is 14.3. The van der Waals surface area contributed by atoms with Crippen LogP contribution in [0.4, 0.5) is 0 Å². The van der Waals surface area contributed by atoms with Crippen LogP contribution in [0, 0.1) is 5.41 Å². The largest absolute Gasteiger partial charge is 0.496 e. The Hall–Kier alpha value is -2.60. The predicted molar refractivity (Wildman–Crippen MR) is 114 cm³/mol. The minimum Gasteiger partial charge on any atom is -0.496 e. The molecule has 0 bridgehead atoms. The molecule has 0 unspecified atom stereocenters. The van der Waals surface area contributed by atoms with E-state index in [0.717, 1.165) is 17.7 Å². The van der Waals surface area contributed by atoms with Crippen LogP contribution in [-0.4, -0.2) is 38.7 Å². The molecule has 1 heterocycles. The van der Waals surface area contributed by atoms with Crippen LogP contribution < -0.4 is 10.1 Å². The molecule has 0 radical (unpaired) electrons. The fourth-order valence-corrected chi connectivity index (χ4v) is 4.34. The monoisotopic (exact) mass is 413 g/mol. The van der Waals surface area contributed by atoms with Gasteiger partial charge >= 0.3 is 5.97 Å². The van der Waals surface area contributed by atoms with Crippen LogP contribution in [0.15, 0.2) is 46.8 Å². The van der Waals surface area contributed by atoms with Crippen LogP contribution in [0.1, 0.15) is 52.0 Å². The number of hydrogen-bond donors (Lipinski definition) is 1. The minimum absolute atomic E-state index is 0.0526. The number of benzene rings is 1. The van der Waals surface area contributed by atoms with E-state index in [1.54, 1.807) is 7.11 Å². The highest BCUT2D eigenvalue weighted by molar-refractivity contribution is 6.04. The van der Waals surface area contributed by atoms with Gasteiger partial charge in [0.25, 0.3) is 0 Å². The first kappa shape index (κ1) is 22.1. The number of ketones is 1. The van der Waals surface area contributed by atoms with E-state index in [9.17, 15) is 9.59 Å². The van der Waals surface area contributed by atoms with Crippen molar-refractivity contribution in [3.8, 4) is 5.75 Å². The Morgan fingerprint density at radius 2 is 1.93 bits per heavy atom. The van der Waals surface area contributed by atoms with Crippen molar-refractivity contribution in [3.63, 3.8) is 0 Å². The minimum atomic E-state index is -0.527. The van der Waals surface area contributed by atoms with Crippen LogP contribution in [-0.2, 0) is 19.1 Å². The van der Waals surface area contributed by atoms with Gasteiger partial charge in [0, 0.05) is 35.6 Å². The number of esters is 1. The first-order valence-corrected chi connectivity index (χ1v) is 10.4. The lowest BCUT2D eigenvalue weighted by Crippen LogP contribution is -2.38. The van der Waals surface area contributed by atoms with Gasteiger partial charge in [-0.05, 0) is 31.7 Å². The molecule has 0 aromatic heterocycles. The summed E-state index contributed by atoms with van der Waals surface area (Å²) >= 11 is 0. The number of methoxy groups -OCH3 is 1. The van der Waals surface area contributed by atoms with Gasteiger partial charge in [-0.25, -0.2) is 4.79 Å². The molecule has 3 rings (SSSR count). The van der Waals surface area contributed by atoms with Gasteiger partial charge in [-0.1, -0.05) is 32.0 Å². The number of ether oxygens (including phenoxy) is 3. The molecule has 0 saturated heterocycles. The molecule has 6 heteroatoms. The summed E-state index contributed by atoms with van der Waals surface area (Å²) in [7, 11) is 1.59. The Morgan fingerprint density at radius 1 is 1.20 bits per heavy atom. The van der Waals surface area contributed by atoms with Crippen molar-refractivity contribution < 1.29 is 23.8 Å². The van der Waals surface area contributed by atoms with Gasteiger partial charge < -0.3 is 19.5 Å². The Balaban J connectivity index is 2.07. The van der Waals surface area contributed by atoms with Crippen molar-refractivity contribution >= 4 is 11.8 Å². The first-order valence-electron chi connectivity index (χ1n) is 10.4. The molecular formula is C24H31NO5. The second-order valence-electron chi connectivity index (χ2n) is 8.50. The molecule has 1 aliphatic carbocycles. The summed E-state index contributed by atoms with van der Waals surface area (Å²) in [5, 5.41) is 3.34. The maximum atomic E-state index is 13.3. The van der Waals surface area contributed by atoms with Gasteiger partial charge in [-0.15, -0.1) is 0 Å². The summed E-state index contributed by atoms with van der Waals surface area (Å²) in [4.78, 5) is 26.4. The Bertz CT molecular complexity index is 897. The van der Waals surface area contributed by atoms with E-state index >= 15 is 0 Å². The maximum Gasteiger partial charge on any atom is 0.336 e. The summed E-state index contributed by atoms with van der Waals surface area (Å²) in [6, 6.07) is 7.53. The molecule has 6 nitrogen and oxygen atoms in total. The Kier molecular flexibility index (Phi) is 6.66. The van der Waals surface area contributed by atoms with Gasteiger partial charge in [-0.2, -0.15) is 0 Å². The fraction of sp³-hybridized carbons (Fsp3) is 0.500. The van der Waals surface area contributed by atoms with Gasteiger partial charge in [0.2, 0.25) is 0 Å². The Labute approximate surface area is 178 Å². The van der Waals surface area contributed by atoms with Gasteiger partial charge in [0.15, 0.2) is 5.78 Å². The summed E-state index contributed by atoms with van der Waals surface area (Å²) in [5.41, 5.74) is 3.33. The highest BCUT2D eigenvalue weighted by Crippen LogP contribution is 2.48. The van der Waals surface area contributed by atoms with Crippen LogP contribution in [0.5, 0.6) is 5.75 Å². The lowest BCUT2D eigenvalue weighted by atomic mass is 9.68. The number of rotatable bonds is 7. The van der Waals surface area contributed by atoms with Crippen LogP contribution in [0.3, 0.4) is 0 Å². The second-order valence-corrected chi connectivity index (χ2v) is 8.50. The predicted octanol–water partition coefficient (Wildman–Crippen LogP) is 3.88. The number of Topliss-reactive ketones (excluding diaryl/α,β-unsaturated/α-hetero) is 1. The number of carbonyl (C=O) groups is 2. The summed E-state index contributed by atoms with van der Waals surface area (Å²) < 4.78 is 16.4. The van der Waals surface area contributed by atoms with E-state index in [0.29, 0.717) is 42.2 Å². The molecule has 30 heavy (non-hydrogen) atoms. The molecule has 162 valence electrons. The number of dihydropyridines is 1. The maximum absolute atomic E-state index is 13.3. The van der Waals surface area contributed by atoms with Gasteiger partial charge in [0.05, 0.1) is 25.2 Å². The summed E-state index contributed by atoms with van der Waals surface area (Å²) in [5.74, 6) is -0.279. The standard InChI is InChI=1S/C24H31NO5/c1-6-29-11-12-30-23(27)20-15(2)25-17-13-24(3,4)14-18(26)22(17)21(20)16-9-7-8-10-19(16)28-5/h7-10,21,25H,6,11-14H2,1-5H3/t21-/m0/s1. The van der Waals surface area contributed by atoms with Crippen molar-refractivity contribution in [2.45, 2.75) is 46.5 Å². The van der Waals surface area contributed by atoms with Crippen molar-refractivity contribution in [1.82, 2.24) is 5.32 Å². The smallest absolute Gasteiger partial charge is 0.336 e. The molecule has 1 N–H and O–H groups in total. The SMILES string of the molecule is CCOCCOC(=O)C1=C(C)NC2=C(C(=O)CC(C)(C)C2)[C@H]1c1ccccc1OC. The average molecular weight is 414 g/mol. The molecule has 0 spiro atoms. The number of nitrogens with one attached hydrogen (secondary N) is 1. The highest BCUT2D eigenvalue weighted by atomic mass is 16.6. The van der Waals surface area contributed by atoms with Crippen molar-refractivity contribution in [3.05, 3.63) is 52.4 Å². The average Bonchev–Trinajstić information content (AvgIpc) is 2.69. The normalized spacial score (nSPS) is 20.6. The summed E-state index contributed by atoms with van der Waals surface area (Å²) in [6.07, 6.45) is 1.18. The van der Waals surface area contributed by atoms with E-state index in [-0.39, 0.29) is 17.8 Å². The summed E-state index contributed by atoms with van der Waals surface area (Å²) in [6.45, 7) is 8.98. The molecule has 2 aliphatic rings. The molecule has 1 aromatic carbocycles. The van der Waals surface area contributed by atoms with Crippen LogP contribution in [0.25, 0.3) is 0 Å². The fourth-order valence-electron chi connectivity index (χ4n) is 4.34. The number of allylic oxidation sites excluding steroid dienone is 3. The molecule has 0 amide bonds. The molecule has 0 saturated carbocycles. The van der Waals surface area contributed by atoms with E-state index in [2.05, 4.69) is 19.2 Å². The van der Waals surface area contributed by atoms with E-state index in [4.69, 9.17) is 14.2 Å². The zero-order chi connectivity index (χ0) is 21.9. The van der Waals surface area contributed by atoms with E-state index in [1.807, 2.05) is 38.1 Å². The van der Waals surface area contributed by atoms with Gasteiger partial charge in [-0.3, -0.25) is 4.79 Å². The van der Waals surface area contributed by atoms with Crippen LogP contribution in [0.2, 0.25) is 0 Å². The second kappa shape index (κ2) is 9.04. The third-order valence-corrected chi connectivity index (χ3v) is 5.57. The van der Waals surface area contributed by atoms with Gasteiger partial charge in [0.1, 0.15) is 12.4 Å². The molecule has 1 aliphatic heterocycles. The van der Waals surface area contributed by atoms with Crippen LogP contribution >= 0.6 is 0 Å². The lowest BCUT2D eigenvalue weighted by Gasteiger charge is -2.39. The van der Waals surface area contributed by atoms with E-state index < -0.39 is 11.9 Å². The van der Waals surface area contributed by atoms with Crippen molar-refractivity contribution in [1.29, 1.82) is 0 Å². The lowest BCUT2D eigenvalue weighted by molar-refractivity contribution is -0.140. The zero-order valence-corrected chi connectivity index (χ0v) is 18.5. The molecule has 1 atom stereocenters. The quantitative estimate of drug-likeness (QED) is 0.540. The van der Waals surface area contributed by atoms with Crippen molar-refractivity contribution in [2.75, 3.05) is 26.9 Å².